The average Bonchev–Trinajstić information content (AvgIpc) is 3.09. The number of benzene rings is 4. The average molecular weight is 621 g/mol. The Hall–Kier alpha value is -4.18. The molecule has 4 nitrogen and oxygen atoms in total. The molecule has 0 aromatic heterocycles. The Kier molecular flexibility index (Phi) is 14.6. The summed E-state index contributed by atoms with van der Waals surface area (Å²) in [5, 5.41) is 0. The summed E-state index contributed by atoms with van der Waals surface area (Å²) in [6.07, 6.45) is 8.20. The highest BCUT2D eigenvalue weighted by atomic mass is 16.5. The second kappa shape index (κ2) is 19.4. The van der Waals surface area contributed by atoms with Gasteiger partial charge in [-0.3, -0.25) is 0 Å². The molecule has 0 saturated carbocycles. The molecule has 0 spiro atoms. The molecular weight excluding hydrogens is 568 g/mol. The zero-order valence-corrected chi connectivity index (χ0v) is 28.4. The highest BCUT2D eigenvalue weighted by Crippen LogP contribution is 2.47. The monoisotopic (exact) mass is 620 g/mol. The SMILES string of the molecule is CCCCOc1ccccc1C(=C(c1ccccc1OCCCC)c1ccccc1OCCCC)c1ccccc1OCCCC. The zero-order valence-electron chi connectivity index (χ0n) is 28.4. The maximum atomic E-state index is 6.52. The Balaban J connectivity index is 2.11. The van der Waals surface area contributed by atoms with E-state index in [0.717, 1.165) is 108 Å². The fraction of sp³-hybridized carbons (Fsp3) is 0.381. The number of hydrogen-bond donors (Lipinski definition) is 0. The molecule has 0 aliphatic rings. The van der Waals surface area contributed by atoms with Crippen LogP contribution in [-0.2, 0) is 0 Å². The van der Waals surface area contributed by atoms with Crippen LogP contribution in [0.15, 0.2) is 97.1 Å². The molecule has 0 aliphatic heterocycles. The van der Waals surface area contributed by atoms with E-state index >= 15 is 0 Å². The van der Waals surface area contributed by atoms with Crippen molar-refractivity contribution >= 4 is 11.1 Å². The standard InChI is InChI=1S/C42H52O4/c1-5-9-29-43-37-25-17-13-21-33(37)41(34-22-14-18-26-38(34)44-30-10-6-2)42(35-23-15-19-27-39(35)45-31-11-7-3)36-24-16-20-28-40(36)46-32-12-8-4/h13-28H,5-12,29-32H2,1-4H3. The molecule has 4 rings (SSSR count). The highest BCUT2D eigenvalue weighted by Gasteiger charge is 2.25. The van der Waals surface area contributed by atoms with Gasteiger partial charge in [-0.2, -0.15) is 0 Å². The summed E-state index contributed by atoms with van der Waals surface area (Å²) in [6, 6.07) is 33.6. The molecule has 0 fully saturated rings. The van der Waals surface area contributed by atoms with Gasteiger partial charge in [-0.05, 0) is 49.9 Å². The summed E-state index contributed by atoms with van der Waals surface area (Å²) >= 11 is 0. The number of hydrogen-bond acceptors (Lipinski definition) is 4. The summed E-state index contributed by atoms with van der Waals surface area (Å²) in [5.74, 6) is 3.39. The van der Waals surface area contributed by atoms with E-state index in [0.29, 0.717) is 26.4 Å². The van der Waals surface area contributed by atoms with E-state index in [1.165, 1.54) is 0 Å². The van der Waals surface area contributed by atoms with Crippen molar-refractivity contribution in [3.8, 4) is 23.0 Å². The second-order valence-corrected chi connectivity index (χ2v) is 11.5. The van der Waals surface area contributed by atoms with E-state index in [-0.39, 0.29) is 0 Å². The Bertz CT molecular complexity index is 1280. The van der Waals surface area contributed by atoms with Crippen molar-refractivity contribution in [1.29, 1.82) is 0 Å². The van der Waals surface area contributed by atoms with Crippen LogP contribution in [-0.4, -0.2) is 26.4 Å². The number of para-hydroxylation sites is 4. The van der Waals surface area contributed by atoms with E-state index in [9.17, 15) is 0 Å². The van der Waals surface area contributed by atoms with Crippen molar-refractivity contribution in [3.63, 3.8) is 0 Å². The van der Waals surface area contributed by atoms with E-state index in [2.05, 4.69) is 125 Å². The van der Waals surface area contributed by atoms with E-state index in [1.54, 1.807) is 0 Å². The lowest BCUT2D eigenvalue weighted by molar-refractivity contribution is 0.306. The maximum absolute atomic E-state index is 6.52. The summed E-state index contributed by atoms with van der Waals surface area (Å²) in [6.45, 7) is 11.4. The summed E-state index contributed by atoms with van der Waals surface area (Å²) in [5.41, 5.74) is 6.08. The minimum Gasteiger partial charge on any atom is -0.493 e. The molecule has 0 saturated heterocycles. The lowest BCUT2D eigenvalue weighted by Crippen LogP contribution is -2.07. The molecule has 0 N–H and O–H groups in total. The molecule has 0 unspecified atom stereocenters. The Morgan fingerprint density at radius 2 is 0.565 bits per heavy atom. The van der Waals surface area contributed by atoms with Crippen LogP contribution in [0.1, 0.15) is 101 Å². The van der Waals surface area contributed by atoms with Gasteiger partial charge < -0.3 is 18.9 Å². The number of unbranched alkanes of at least 4 members (excludes halogenated alkanes) is 4. The first-order valence-electron chi connectivity index (χ1n) is 17.4. The minimum absolute atomic E-state index is 0.651. The van der Waals surface area contributed by atoms with Gasteiger partial charge in [0.15, 0.2) is 0 Å². The predicted octanol–water partition coefficient (Wildman–Crippen LogP) is 11.4. The molecule has 46 heavy (non-hydrogen) atoms. The van der Waals surface area contributed by atoms with Gasteiger partial charge in [-0.1, -0.05) is 126 Å². The molecule has 4 aromatic rings. The fourth-order valence-electron chi connectivity index (χ4n) is 5.33. The van der Waals surface area contributed by atoms with Crippen molar-refractivity contribution in [3.05, 3.63) is 119 Å². The predicted molar refractivity (Wildman–Crippen MR) is 192 cm³/mol. The lowest BCUT2D eigenvalue weighted by atomic mass is 9.84. The van der Waals surface area contributed by atoms with E-state index < -0.39 is 0 Å². The van der Waals surface area contributed by atoms with Crippen molar-refractivity contribution in [1.82, 2.24) is 0 Å². The van der Waals surface area contributed by atoms with Crippen LogP contribution >= 0.6 is 0 Å². The lowest BCUT2D eigenvalue weighted by Gasteiger charge is -2.24. The minimum atomic E-state index is 0.651. The molecule has 4 aromatic carbocycles. The molecular formula is C42H52O4. The van der Waals surface area contributed by atoms with Crippen LogP contribution in [0.25, 0.3) is 11.1 Å². The molecule has 0 amide bonds. The summed E-state index contributed by atoms with van der Waals surface area (Å²) < 4.78 is 26.1. The maximum Gasteiger partial charge on any atom is 0.127 e. The second-order valence-electron chi connectivity index (χ2n) is 11.5. The normalized spacial score (nSPS) is 10.8. The highest BCUT2D eigenvalue weighted by molar-refractivity contribution is 6.08. The Morgan fingerprint density at radius 3 is 0.783 bits per heavy atom. The molecule has 0 bridgehead atoms. The van der Waals surface area contributed by atoms with Gasteiger partial charge in [0.05, 0.1) is 26.4 Å². The largest absolute Gasteiger partial charge is 0.493 e. The molecule has 244 valence electrons. The quantitative estimate of drug-likeness (QED) is 0.0727. The third-order valence-electron chi connectivity index (χ3n) is 7.90. The van der Waals surface area contributed by atoms with Gasteiger partial charge in [0.2, 0.25) is 0 Å². The zero-order chi connectivity index (χ0) is 32.4. The van der Waals surface area contributed by atoms with Crippen LogP contribution in [0.3, 0.4) is 0 Å². The smallest absolute Gasteiger partial charge is 0.127 e. The molecule has 4 heteroatoms. The van der Waals surface area contributed by atoms with Gasteiger partial charge >= 0.3 is 0 Å². The number of ether oxygens (including phenoxy) is 4. The molecule has 0 heterocycles. The van der Waals surface area contributed by atoms with E-state index in [1.807, 2.05) is 0 Å². The molecule has 0 aliphatic carbocycles. The Labute approximate surface area is 277 Å². The van der Waals surface area contributed by atoms with Crippen LogP contribution in [0.5, 0.6) is 23.0 Å². The van der Waals surface area contributed by atoms with Crippen LogP contribution in [0, 0.1) is 0 Å². The number of rotatable bonds is 20. The van der Waals surface area contributed by atoms with Crippen LogP contribution in [0.2, 0.25) is 0 Å². The van der Waals surface area contributed by atoms with Gasteiger partial charge in [-0.25, -0.2) is 0 Å². The van der Waals surface area contributed by atoms with Gasteiger partial charge in [0.25, 0.3) is 0 Å². The van der Waals surface area contributed by atoms with Crippen molar-refractivity contribution < 1.29 is 18.9 Å². The topological polar surface area (TPSA) is 36.9 Å². The fourth-order valence-corrected chi connectivity index (χ4v) is 5.33. The van der Waals surface area contributed by atoms with E-state index in [4.69, 9.17) is 18.9 Å². The molecule has 0 atom stereocenters. The summed E-state index contributed by atoms with van der Waals surface area (Å²) in [4.78, 5) is 0. The summed E-state index contributed by atoms with van der Waals surface area (Å²) in [7, 11) is 0. The van der Waals surface area contributed by atoms with Crippen LogP contribution in [0.4, 0.5) is 0 Å². The molecule has 0 radical (unpaired) electrons. The van der Waals surface area contributed by atoms with Gasteiger partial charge in [-0.15, -0.1) is 0 Å². The Morgan fingerprint density at radius 1 is 0.348 bits per heavy atom. The van der Waals surface area contributed by atoms with Crippen molar-refractivity contribution in [2.75, 3.05) is 26.4 Å². The first-order chi connectivity index (χ1) is 22.7. The van der Waals surface area contributed by atoms with Crippen LogP contribution < -0.4 is 18.9 Å². The first kappa shape index (κ1) is 34.7. The van der Waals surface area contributed by atoms with Crippen molar-refractivity contribution in [2.24, 2.45) is 0 Å². The first-order valence-corrected chi connectivity index (χ1v) is 17.4. The van der Waals surface area contributed by atoms with Crippen molar-refractivity contribution in [2.45, 2.75) is 79.1 Å². The third kappa shape index (κ3) is 9.42. The van der Waals surface area contributed by atoms with Gasteiger partial charge in [0.1, 0.15) is 23.0 Å². The van der Waals surface area contributed by atoms with Gasteiger partial charge in [0, 0.05) is 33.4 Å². The third-order valence-corrected chi connectivity index (χ3v) is 7.90.